The molecule has 1 N–H and O–H groups in total. The Morgan fingerprint density at radius 3 is 2.00 bits per heavy atom. The number of rotatable bonds is 9. The van der Waals surface area contributed by atoms with Gasteiger partial charge in [-0.15, -0.1) is 0 Å². The molecule has 0 unspecified atom stereocenters. The van der Waals surface area contributed by atoms with Crippen molar-refractivity contribution in [2.45, 2.75) is 65.3 Å². The Morgan fingerprint density at radius 2 is 1.67 bits per heavy atom. The molecule has 0 heterocycles. The molecule has 0 amide bonds. The first-order valence-corrected chi connectivity index (χ1v) is 9.09. The Balaban J connectivity index is 4.94. The summed E-state index contributed by atoms with van der Waals surface area (Å²) >= 11 is 0. The van der Waals surface area contributed by atoms with Crippen LogP contribution in [0.1, 0.15) is 40.5 Å². The summed E-state index contributed by atoms with van der Waals surface area (Å²) in [4.78, 5) is 11.3. The van der Waals surface area contributed by atoms with Gasteiger partial charge < -0.3 is 14.6 Å². The lowest BCUT2D eigenvalue weighted by atomic mass is 10.1. The van der Waals surface area contributed by atoms with Gasteiger partial charge in [-0.2, -0.15) is 0 Å². The van der Waals surface area contributed by atoms with Gasteiger partial charge in [-0.3, -0.25) is 0 Å². The van der Waals surface area contributed by atoms with Crippen molar-refractivity contribution >= 4 is 15.5 Å². The first kappa shape index (κ1) is 17.0. The quantitative estimate of drug-likeness (QED) is 0.304. The van der Waals surface area contributed by atoms with Crippen LogP contribution in [0.3, 0.4) is 0 Å². The molecule has 0 bridgehead atoms. The van der Waals surface area contributed by atoms with Crippen molar-refractivity contribution in [3.8, 4) is 0 Å². The van der Waals surface area contributed by atoms with Crippen LogP contribution in [-0.2, 0) is 14.3 Å². The summed E-state index contributed by atoms with van der Waals surface area (Å²) in [6.07, 6.45) is 1.24. The van der Waals surface area contributed by atoms with Crippen LogP contribution in [0.5, 0.6) is 0 Å². The van der Waals surface area contributed by atoms with Gasteiger partial charge in [0.2, 0.25) is 0 Å². The molecule has 106 valence electrons. The molecule has 0 radical (unpaired) electrons. The van der Waals surface area contributed by atoms with Crippen molar-refractivity contribution in [3.63, 3.8) is 0 Å². The Bertz CT molecular complexity index is 273. The molecule has 0 aromatic heterocycles. The second-order valence-electron chi connectivity index (χ2n) is 4.86. The van der Waals surface area contributed by atoms with Gasteiger partial charge >= 0.3 is 5.97 Å². The van der Waals surface area contributed by atoms with Gasteiger partial charge in [0.25, 0.3) is 5.95 Å². The first-order chi connectivity index (χ1) is 8.38. The summed E-state index contributed by atoms with van der Waals surface area (Å²) in [5.74, 6) is -0.755. The molecule has 5 heteroatoms. The third-order valence-corrected chi connectivity index (χ3v) is 3.43. The maximum Gasteiger partial charge on any atom is 0.338 e. The molecule has 0 fully saturated rings. The highest BCUT2D eigenvalue weighted by molar-refractivity contribution is 6.33. The summed E-state index contributed by atoms with van der Waals surface area (Å²) in [6, 6.07) is 1.15. The van der Waals surface area contributed by atoms with Gasteiger partial charge in [-0.05, 0) is 34.1 Å². The van der Waals surface area contributed by atoms with Crippen molar-refractivity contribution < 1.29 is 19.4 Å². The summed E-state index contributed by atoms with van der Waals surface area (Å²) in [6.45, 7) is 9.68. The van der Waals surface area contributed by atoms with Gasteiger partial charge in [0.1, 0.15) is 5.57 Å². The summed E-state index contributed by atoms with van der Waals surface area (Å²) in [5.41, 5.74) is 0.264. The lowest BCUT2D eigenvalue weighted by molar-refractivity contribution is -0.134. The molecule has 0 aliphatic carbocycles. The van der Waals surface area contributed by atoms with Gasteiger partial charge in [0.05, 0.1) is 12.2 Å². The van der Waals surface area contributed by atoms with Crippen LogP contribution in [0.15, 0.2) is 11.5 Å². The minimum absolute atomic E-state index is 0.0191. The zero-order valence-electron chi connectivity index (χ0n) is 12.2. The number of hydrogen-bond acceptors (Lipinski definition) is 3. The molecular weight excluding hydrogens is 248 g/mol. The van der Waals surface area contributed by atoms with Crippen LogP contribution in [0.4, 0.5) is 0 Å². The Hall–Kier alpha value is -0.973. The van der Waals surface area contributed by atoms with E-state index in [4.69, 9.17) is 9.47 Å². The van der Waals surface area contributed by atoms with Gasteiger partial charge in [-0.1, -0.05) is 19.0 Å². The van der Waals surface area contributed by atoms with Crippen molar-refractivity contribution in [2.75, 3.05) is 0 Å². The molecule has 4 nitrogen and oxygen atoms in total. The smallest absolute Gasteiger partial charge is 0.338 e. The van der Waals surface area contributed by atoms with E-state index in [0.29, 0.717) is 6.42 Å². The average molecular weight is 274 g/mol. The van der Waals surface area contributed by atoms with Crippen LogP contribution >= 0.6 is 0 Å². The normalized spacial score (nSPS) is 11.3. The largest absolute Gasteiger partial charge is 0.478 e. The maximum absolute atomic E-state index is 11.3. The lowest BCUT2D eigenvalue weighted by Gasteiger charge is -2.19. The van der Waals surface area contributed by atoms with E-state index < -0.39 is 5.97 Å². The Labute approximate surface area is 112 Å². The zero-order valence-corrected chi connectivity index (χ0v) is 13.6. The Morgan fingerprint density at radius 1 is 1.17 bits per heavy atom. The molecule has 18 heavy (non-hydrogen) atoms. The monoisotopic (exact) mass is 274 g/mol. The molecule has 0 aromatic rings. The first-order valence-electron chi connectivity index (χ1n) is 6.68. The van der Waals surface area contributed by atoms with Crippen molar-refractivity contribution in [2.24, 2.45) is 0 Å². The van der Waals surface area contributed by atoms with E-state index in [1.54, 1.807) is 0 Å². The number of hydrogen-bond donors (Lipinski definition) is 1. The molecule has 0 spiro atoms. The van der Waals surface area contributed by atoms with Crippen LogP contribution in [0.2, 0.25) is 12.6 Å². The summed E-state index contributed by atoms with van der Waals surface area (Å²) in [5, 5.41) is 9.26. The van der Waals surface area contributed by atoms with Crippen LogP contribution in [-0.4, -0.2) is 32.8 Å². The highest BCUT2D eigenvalue weighted by atomic mass is 28.2. The predicted octanol–water partition coefficient (Wildman–Crippen LogP) is 2.55. The molecular formula is C13H26O4Si. The SMILES string of the molecule is C[SiH2]CCCC(C(=O)O)=C(OC(C)C)OC(C)C. The third-order valence-electron chi connectivity index (χ3n) is 2.22. The average Bonchev–Trinajstić information content (AvgIpc) is 2.21. The molecule has 0 rings (SSSR count). The molecule has 0 saturated carbocycles. The zero-order chi connectivity index (χ0) is 14.1. The van der Waals surface area contributed by atoms with Gasteiger partial charge in [0.15, 0.2) is 0 Å². The second kappa shape index (κ2) is 9.02. The van der Waals surface area contributed by atoms with Crippen LogP contribution in [0, 0.1) is 0 Å². The number of carboxylic acid groups (broad SMARTS) is 1. The van der Waals surface area contributed by atoms with E-state index in [9.17, 15) is 9.90 Å². The van der Waals surface area contributed by atoms with E-state index in [1.165, 1.54) is 0 Å². The molecule has 0 aromatic carbocycles. The lowest BCUT2D eigenvalue weighted by Crippen LogP contribution is -2.16. The molecule has 0 atom stereocenters. The third kappa shape index (κ3) is 7.37. The van der Waals surface area contributed by atoms with Crippen molar-refractivity contribution in [1.29, 1.82) is 0 Å². The highest BCUT2D eigenvalue weighted by Crippen LogP contribution is 2.19. The minimum Gasteiger partial charge on any atom is -0.478 e. The fourth-order valence-corrected chi connectivity index (χ4v) is 2.20. The number of ether oxygens (including phenoxy) is 2. The minimum atomic E-state index is -0.941. The molecule has 0 aliphatic heterocycles. The second-order valence-corrected chi connectivity index (χ2v) is 6.57. The predicted molar refractivity (Wildman–Crippen MR) is 75.6 cm³/mol. The maximum atomic E-state index is 11.3. The summed E-state index contributed by atoms with van der Waals surface area (Å²) in [7, 11) is -0.0191. The van der Waals surface area contributed by atoms with Gasteiger partial charge in [0, 0.05) is 9.52 Å². The van der Waals surface area contributed by atoms with E-state index in [2.05, 4.69) is 6.55 Å². The molecule has 0 saturated heterocycles. The van der Waals surface area contributed by atoms with Crippen molar-refractivity contribution in [3.05, 3.63) is 11.5 Å². The topological polar surface area (TPSA) is 55.8 Å². The Kier molecular flexibility index (Phi) is 8.54. The van der Waals surface area contributed by atoms with E-state index in [1.807, 2.05) is 27.7 Å². The number of carboxylic acids is 1. The standard InChI is InChI=1S/C13H26O4Si/c1-9(2)16-13(17-10(3)4)11(12(14)15)7-6-8-18-5/h9-10H,6-8,18H2,1-5H3,(H,14,15). The fraction of sp³-hybridized carbons (Fsp3) is 0.769. The van der Waals surface area contributed by atoms with Crippen LogP contribution < -0.4 is 0 Å². The van der Waals surface area contributed by atoms with E-state index in [-0.39, 0.29) is 33.2 Å². The van der Waals surface area contributed by atoms with E-state index in [0.717, 1.165) is 12.5 Å². The molecule has 0 aliphatic rings. The van der Waals surface area contributed by atoms with Gasteiger partial charge in [-0.25, -0.2) is 4.79 Å². The fourth-order valence-electron chi connectivity index (χ4n) is 1.45. The van der Waals surface area contributed by atoms with E-state index >= 15 is 0 Å². The highest BCUT2D eigenvalue weighted by Gasteiger charge is 2.19. The number of aliphatic carboxylic acids is 1. The summed E-state index contributed by atoms with van der Waals surface area (Å²) < 4.78 is 11.0. The van der Waals surface area contributed by atoms with Crippen molar-refractivity contribution in [1.82, 2.24) is 0 Å². The van der Waals surface area contributed by atoms with Crippen LogP contribution in [0.25, 0.3) is 0 Å². The number of carbonyl (C=O) groups is 1.